The van der Waals surface area contributed by atoms with Gasteiger partial charge in [-0.05, 0) is 43.2 Å². The van der Waals surface area contributed by atoms with Gasteiger partial charge in [-0.2, -0.15) is 0 Å². The summed E-state index contributed by atoms with van der Waals surface area (Å²) in [7, 11) is 0. The number of benzene rings is 1. The maximum atomic E-state index is 14.2. The molecule has 2 N–H and O–H groups in total. The van der Waals surface area contributed by atoms with Crippen molar-refractivity contribution in [3.05, 3.63) is 29.6 Å². The van der Waals surface area contributed by atoms with Crippen LogP contribution >= 0.6 is 0 Å². The number of halogens is 1. The van der Waals surface area contributed by atoms with E-state index in [0.29, 0.717) is 5.41 Å². The minimum absolute atomic E-state index is 0.135. The monoisotopic (exact) mass is 264 g/mol. The topological polar surface area (TPSA) is 29.3 Å². The van der Waals surface area contributed by atoms with Crippen LogP contribution in [0.25, 0.3) is 0 Å². The van der Waals surface area contributed by atoms with Crippen molar-refractivity contribution in [1.29, 1.82) is 0 Å². The van der Waals surface area contributed by atoms with E-state index >= 15 is 0 Å². The van der Waals surface area contributed by atoms with Crippen molar-refractivity contribution in [2.45, 2.75) is 46.1 Å². The molecule has 1 aromatic carbocycles. The third kappa shape index (κ3) is 2.62. The zero-order chi connectivity index (χ0) is 14.0. The molecule has 0 saturated carbocycles. The molecule has 0 unspecified atom stereocenters. The quantitative estimate of drug-likeness (QED) is 0.894. The third-order valence-corrected chi connectivity index (χ3v) is 4.76. The van der Waals surface area contributed by atoms with Gasteiger partial charge in [0.25, 0.3) is 0 Å². The first-order valence-corrected chi connectivity index (χ1v) is 7.32. The molecule has 0 amide bonds. The molecule has 0 radical (unpaired) electrons. The van der Waals surface area contributed by atoms with E-state index in [1.54, 1.807) is 12.1 Å². The second-order valence-electron chi connectivity index (χ2n) is 5.85. The van der Waals surface area contributed by atoms with Crippen LogP contribution in [0, 0.1) is 11.2 Å². The lowest BCUT2D eigenvalue weighted by molar-refractivity contribution is 0.301. The molecule has 1 heterocycles. The first-order valence-electron chi connectivity index (χ1n) is 7.32. The van der Waals surface area contributed by atoms with Gasteiger partial charge in [0.15, 0.2) is 0 Å². The zero-order valence-electron chi connectivity index (χ0n) is 12.2. The molecule has 1 aromatic rings. The molecule has 2 rings (SSSR count). The number of rotatable bonds is 4. The number of hydrogen-bond acceptors (Lipinski definition) is 2. The Balaban J connectivity index is 2.34. The van der Waals surface area contributed by atoms with E-state index in [1.807, 2.05) is 13.0 Å². The Hall–Kier alpha value is -1.09. The average Bonchev–Trinajstić information content (AvgIpc) is 2.83. The molecule has 1 fully saturated rings. The summed E-state index contributed by atoms with van der Waals surface area (Å²) in [5.41, 5.74) is 7.98. The van der Waals surface area contributed by atoms with E-state index in [2.05, 4.69) is 18.7 Å². The first-order chi connectivity index (χ1) is 9.03. The van der Waals surface area contributed by atoms with E-state index < -0.39 is 0 Å². The second kappa shape index (κ2) is 5.49. The minimum Gasteiger partial charge on any atom is -0.368 e. The molecule has 3 heteroatoms. The zero-order valence-corrected chi connectivity index (χ0v) is 12.2. The normalized spacial score (nSPS) is 19.7. The van der Waals surface area contributed by atoms with Crippen LogP contribution < -0.4 is 10.6 Å². The fourth-order valence-electron chi connectivity index (χ4n) is 3.19. The third-order valence-electron chi connectivity index (χ3n) is 4.76. The SMILES string of the molecule is CCC1(CC)CCN(c2c(F)cccc2[C@@H](C)N)C1. The first kappa shape index (κ1) is 14.3. The van der Waals surface area contributed by atoms with E-state index in [1.165, 1.54) is 0 Å². The molecule has 0 aliphatic carbocycles. The lowest BCUT2D eigenvalue weighted by atomic mass is 9.82. The summed E-state index contributed by atoms with van der Waals surface area (Å²) < 4.78 is 14.2. The van der Waals surface area contributed by atoms with Crippen LogP contribution in [0.3, 0.4) is 0 Å². The summed E-state index contributed by atoms with van der Waals surface area (Å²) in [4.78, 5) is 2.20. The molecular weight excluding hydrogens is 239 g/mol. The maximum Gasteiger partial charge on any atom is 0.146 e. The molecular formula is C16H25FN2. The summed E-state index contributed by atoms with van der Waals surface area (Å²) >= 11 is 0. The van der Waals surface area contributed by atoms with E-state index in [4.69, 9.17) is 5.73 Å². The Bertz CT molecular complexity index is 438. The van der Waals surface area contributed by atoms with E-state index in [0.717, 1.165) is 43.6 Å². The standard InChI is InChI=1S/C16H25FN2/c1-4-16(5-2)9-10-19(11-16)15-13(12(3)18)7-6-8-14(15)17/h6-8,12H,4-5,9-11,18H2,1-3H3/t12-/m1/s1. The van der Waals surface area contributed by atoms with E-state index in [9.17, 15) is 4.39 Å². The summed E-state index contributed by atoms with van der Waals surface area (Å²) in [5.74, 6) is -0.141. The largest absolute Gasteiger partial charge is 0.368 e. The fourth-order valence-corrected chi connectivity index (χ4v) is 3.19. The highest BCUT2D eigenvalue weighted by molar-refractivity contribution is 5.57. The molecule has 0 spiro atoms. The van der Waals surface area contributed by atoms with E-state index in [-0.39, 0.29) is 11.9 Å². The molecule has 1 aliphatic heterocycles. The Morgan fingerprint density at radius 1 is 1.37 bits per heavy atom. The van der Waals surface area contributed by atoms with Crippen molar-refractivity contribution in [2.24, 2.45) is 11.1 Å². The summed E-state index contributed by atoms with van der Waals surface area (Å²) in [6, 6.07) is 5.10. The smallest absolute Gasteiger partial charge is 0.146 e. The maximum absolute atomic E-state index is 14.2. The fraction of sp³-hybridized carbons (Fsp3) is 0.625. The van der Waals surface area contributed by atoms with Crippen LogP contribution in [-0.2, 0) is 0 Å². The molecule has 0 aromatic heterocycles. The molecule has 106 valence electrons. The molecule has 1 saturated heterocycles. The predicted octanol–water partition coefficient (Wildman–Crippen LogP) is 3.86. The molecule has 0 bridgehead atoms. The summed E-state index contributed by atoms with van der Waals surface area (Å²) in [6.45, 7) is 8.27. The number of anilines is 1. The van der Waals surface area contributed by atoms with Gasteiger partial charge < -0.3 is 10.6 Å². The van der Waals surface area contributed by atoms with Gasteiger partial charge in [0.05, 0.1) is 5.69 Å². The van der Waals surface area contributed by atoms with Crippen molar-refractivity contribution in [1.82, 2.24) is 0 Å². The average molecular weight is 264 g/mol. The van der Waals surface area contributed by atoms with Crippen LogP contribution in [0.2, 0.25) is 0 Å². The molecule has 1 atom stereocenters. The van der Waals surface area contributed by atoms with Gasteiger partial charge in [-0.3, -0.25) is 0 Å². The van der Waals surface area contributed by atoms with Crippen LogP contribution in [-0.4, -0.2) is 13.1 Å². The Labute approximate surface area is 115 Å². The van der Waals surface area contributed by atoms with Gasteiger partial charge >= 0.3 is 0 Å². The minimum atomic E-state index is -0.141. The van der Waals surface area contributed by atoms with Gasteiger partial charge in [-0.25, -0.2) is 4.39 Å². The number of hydrogen-bond donors (Lipinski definition) is 1. The Morgan fingerprint density at radius 3 is 2.58 bits per heavy atom. The van der Waals surface area contributed by atoms with Gasteiger partial charge in [-0.15, -0.1) is 0 Å². The van der Waals surface area contributed by atoms with Crippen molar-refractivity contribution >= 4 is 5.69 Å². The Morgan fingerprint density at radius 2 is 2.05 bits per heavy atom. The van der Waals surface area contributed by atoms with Gasteiger partial charge in [0, 0.05) is 19.1 Å². The van der Waals surface area contributed by atoms with Crippen molar-refractivity contribution in [3.63, 3.8) is 0 Å². The van der Waals surface area contributed by atoms with Crippen molar-refractivity contribution in [3.8, 4) is 0 Å². The van der Waals surface area contributed by atoms with Crippen molar-refractivity contribution < 1.29 is 4.39 Å². The van der Waals surface area contributed by atoms with Crippen LogP contribution in [0.1, 0.15) is 51.6 Å². The van der Waals surface area contributed by atoms with Crippen LogP contribution in [0.15, 0.2) is 18.2 Å². The highest BCUT2D eigenvalue weighted by Gasteiger charge is 2.36. The summed E-state index contributed by atoms with van der Waals surface area (Å²) in [5, 5.41) is 0. The van der Waals surface area contributed by atoms with Crippen LogP contribution in [0.4, 0.5) is 10.1 Å². The van der Waals surface area contributed by atoms with Crippen molar-refractivity contribution in [2.75, 3.05) is 18.0 Å². The number of para-hydroxylation sites is 1. The van der Waals surface area contributed by atoms with Gasteiger partial charge in [0.1, 0.15) is 5.82 Å². The highest BCUT2D eigenvalue weighted by Crippen LogP contribution is 2.41. The van der Waals surface area contributed by atoms with Gasteiger partial charge in [0.2, 0.25) is 0 Å². The lowest BCUT2D eigenvalue weighted by Crippen LogP contribution is -2.28. The molecule has 1 aliphatic rings. The Kier molecular flexibility index (Phi) is 4.14. The van der Waals surface area contributed by atoms with Gasteiger partial charge in [-0.1, -0.05) is 26.0 Å². The number of nitrogens with two attached hydrogens (primary N) is 1. The highest BCUT2D eigenvalue weighted by atomic mass is 19.1. The predicted molar refractivity (Wildman–Crippen MR) is 78.8 cm³/mol. The molecule has 19 heavy (non-hydrogen) atoms. The van der Waals surface area contributed by atoms with Crippen LogP contribution in [0.5, 0.6) is 0 Å². The molecule has 2 nitrogen and oxygen atoms in total. The summed E-state index contributed by atoms with van der Waals surface area (Å²) in [6.07, 6.45) is 3.46. The second-order valence-corrected chi connectivity index (χ2v) is 5.85. The lowest BCUT2D eigenvalue weighted by Gasteiger charge is -2.29. The number of nitrogens with zero attached hydrogens (tertiary/aromatic N) is 1.